The summed E-state index contributed by atoms with van der Waals surface area (Å²) in [6, 6.07) is 9.42. The lowest BCUT2D eigenvalue weighted by molar-refractivity contribution is -0.114. The first-order chi connectivity index (χ1) is 14.3. The zero-order valence-corrected chi connectivity index (χ0v) is 16.2. The van der Waals surface area contributed by atoms with E-state index >= 15 is 0 Å². The van der Waals surface area contributed by atoms with Crippen LogP contribution < -0.4 is 4.74 Å². The number of nitrogens with zero attached hydrogens (tertiary/aromatic N) is 2. The van der Waals surface area contributed by atoms with Gasteiger partial charge in [-0.1, -0.05) is 17.7 Å². The zero-order valence-electron chi connectivity index (χ0n) is 15.5. The lowest BCUT2D eigenvalue weighted by Gasteiger charge is -2.23. The van der Waals surface area contributed by atoms with E-state index in [4.69, 9.17) is 26.6 Å². The molecule has 1 N–H and O–H groups in total. The molecular weight excluding hydrogens is 413 g/mol. The summed E-state index contributed by atoms with van der Waals surface area (Å²) in [4.78, 5) is 33.7. The molecule has 2 heterocycles. The average molecular weight is 426 g/mol. The smallest absolute Gasteiger partial charge is 0.343 e. The van der Waals surface area contributed by atoms with Gasteiger partial charge in [0, 0.05) is 6.08 Å². The van der Waals surface area contributed by atoms with Crippen LogP contribution in [0.25, 0.3) is 6.08 Å². The van der Waals surface area contributed by atoms with Gasteiger partial charge in [0.25, 0.3) is 5.91 Å². The van der Waals surface area contributed by atoms with Crippen molar-refractivity contribution in [3.63, 3.8) is 0 Å². The fourth-order valence-electron chi connectivity index (χ4n) is 2.80. The van der Waals surface area contributed by atoms with E-state index in [2.05, 4.69) is 4.99 Å². The largest absolute Gasteiger partial charge is 0.421 e. The second-order valence-electron chi connectivity index (χ2n) is 6.41. The standard InChI is InChI=1S/C21H13ClFN3O4/c1-11-8-18-25-20(27)15(19(24)26(18)30-11)9-12-2-7-17(16(22)10-12)29-21(28)13-3-5-14(23)6-4-13/h2-10,24H,1H3/b15-9+,24-19?. The number of halogens is 2. The highest BCUT2D eigenvalue weighted by molar-refractivity contribution is 6.33. The predicted octanol–water partition coefficient (Wildman–Crippen LogP) is 4.15. The third-order valence-electron chi connectivity index (χ3n) is 4.23. The molecule has 0 fully saturated rings. The lowest BCUT2D eigenvalue weighted by Crippen LogP contribution is -2.38. The minimum absolute atomic E-state index is 0.0222. The molecule has 0 saturated heterocycles. The van der Waals surface area contributed by atoms with Crippen LogP contribution in [0.15, 0.2) is 64.9 Å². The number of carbonyl (C=O) groups excluding carboxylic acids is 2. The van der Waals surface area contributed by atoms with Gasteiger partial charge in [-0.15, -0.1) is 5.06 Å². The molecule has 4 rings (SSSR count). The van der Waals surface area contributed by atoms with Gasteiger partial charge in [-0.05, 0) is 55.0 Å². The molecule has 0 radical (unpaired) electrons. The number of aliphatic imine (C=N–C) groups is 1. The fraction of sp³-hybridized carbons (Fsp3) is 0.0476. The van der Waals surface area contributed by atoms with E-state index in [9.17, 15) is 14.0 Å². The van der Waals surface area contributed by atoms with E-state index in [1.165, 1.54) is 30.3 Å². The van der Waals surface area contributed by atoms with Gasteiger partial charge in [0.05, 0.1) is 16.2 Å². The van der Waals surface area contributed by atoms with Gasteiger partial charge in [-0.3, -0.25) is 10.2 Å². The number of amides is 1. The molecule has 9 heteroatoms. The Morgan fingerprint density at radius 2 is 2.00 bits per heavy atom. The Kier molecular flexibility index (Phi) is 4.93. The van der Waals surface area contributed by atoms with Crippen LogP contribution in [0, 0.1) is 11.2 Å². The summed E-state index contributed by atoms with van der Waals surface area (Å²) in [6.07, 6.45) is 3.00. The Balaban J connectivity index is 1.55. The molecule has 7 nitrogen and oxygen atoms in total. The molecule has 30 heavy (non-hydrogen) atoms. The van der Waals surface area contributed by atoms with Gasteiger partial charge in [-0.2, -0.15) is 4.99 Å². The van der Waals surface area contributed by atoms with Crippen molar-refractivity contribution in [2.45, 2.75) is 6.92 Å². The van der Waals surface area contributed by atoms with Gasteiger partial charge >= 0.3 is 5.97 Å². The van der Waals surface area contributed by atoms with Gasteiger partial charge in [0.15, 0.2) is 11.7 Å². The van der Waals surface area contributed by atoms with Crippen LogP contribution in [0.3, 0.4) is 0 Å². The minimum atomic E-state index is -0.692. The molecule has 2 aliphatic rings. The molecule has 2 aromatic carbocycles. The van der Waals surface area contributed by atoms with E-state index in [-0.39, 0.29) is 33.6 Å². The Labute approximate surface area is 175 Å². The Morgan fingerprint density at radius 1 is 1.27 bits per heavy atom. The molecule has 0 saturated carbocycles. The quantitative estimate of drug-likeness (QED) is 0.453. The summed E-state index contributed by atoms with van der Waals surface area (Å²) in [5.41, 5.74) is 0.689. The van der Waals surface area contributed by atoms with Crippen molar-refractivity contribution in [2.75, 3.05) is 0 Å². The molecule has 0 aliphatic carbocycles. The number of carbonyl (C=O) groups is 2. The van der Waals surface area contributed by atoms with E-state index in [0.29, 0.717) is 11.3 Å². The number of ether oxygens (including phenoxy) is 1. The van der Waals surface area contributed by atoms with Crippen LogP contribution in [-0.2, 0) is 9.63 Å². The summed E-state index contributed by atoms with van der Waals surface area (Å²) in [5.74, 6) is -1.02. The number of fused-ring (bicyclic) bond motifs is 1. The molecule has 1 amide bonds. The van der Waals surface area contributed by atoms with Crippen molar-refractivity contribution in [2.24, 2.45) is 4.99 Å². The van der Waals surface area contributed by atoms with Gasteiger partial charge < -0.3 is 9.57 Å². The van der Waals surface area contributed by atoms with Crippen LogP contribution in [0.2, 0.25) is 5.02 Å². The Hall–Kier alpha value is -3.78. The maximum atomic E-state index is 13.0. The van der Waals surface area contributed by atoms with Crippen LogP contribution in [0.4, 0.5) is 4.39 Å². The first-order valence-corrected chi connectivity index (χ1v) is 9.07. The highest BCUT2D eigenvalue weighted by Crippen LogP contribution is 2.29. The van der Waals surface area contributed by atoms with Crippen LogP contribution in [0.5, 0.6) is 5.75 Å². The molecular formula is C21H13ClFN3O4. The number of rotatable bonds is 3. The highest BCUT2D eigenvalue weighted by Gasteiger charge is 2.34. The number of hydroxylamine groups is 2. The number of nitrogens with one attached hydrogen (secondary N) is 1. The fourth-order valence-corrected chi connectivity index (χ4v) is 3.03. The summed E-state index contributed by atoms with van der Waals surface area (Å²) >= 11 is 6.21. The van der Waals surface area contributed by atoms with Gasteiger partial charge in [-0.25, -0.2) is 9.18 Å². The molecule has 0 atom stereocenters. The van der Waals surface area contributed by atoms with Crippen molar-refractivity contribution in [1.29, 1.82) is 5.41 Å². The molecule has 0 spiro atoms. The highest BCUT2D eigenvalue weighted by atomic mass is 35.5. The number of esters is 1. The summed E-state index contributed by atoms with van der Waals surface area (Å²) in [5, 5.41) is 9.49. The number of hydrogen-bond donors (Lipinski definition) is 1. The van der Waals surface area contributed by atoms with Gasteiger partial charge in [0.1, 0.15) is 17.3 Å². The second kappa shape index (κ2) is 7.57. The molecule has 2 aliphatic heterocycles. The van der Waals surface area contributed by atoms with Crippen LogP contribution in [0.1, 0.15) is 22.8 Å². The second-order valence-corrected chi connectivity index (χ2v) is 6.82. The number of hydrogen-bond acceptors (Lipinski definition) is 5. The molecule has 0 bridgehead atoms. The lowest BCUT2D eigenvalue weighted by atomic mass is 10.1. The van der Waals surface area contributed by atoms with E-state index in [1.54, 1.807) is 19.1 Å². The summed E-state index contributed by atoms with van der Waals surface area (Å²) in [7, 11) is 0. The predicted molar refractivity (Wildman–Crippen MR) is 108 cm³/mol. The molecule has 2 aromatic rings. The third kappa shape index (κ3) is 3.72. The number of amidine groups is 2. The molecule has 0 unspecified atom stereocenters. The summed E-state index contributed by atoms with van der Waals surface area (Å²) < 4.78 is 18.2. The monoisotopic (exact) mass is 425 g/mol. The number of benzene rings is 2. The van der Waals surface area contributed by atoms with Crippen molar-refractivity contribution < 1.29 is 23.6 Å². The minimum Gasteiger partial charge on any atom is -0.421 e. The molecule has 150 valence electrons. The SMILES string of the molecule is CC1=CC2=NC(=O)/C(=C/c3ccc(OC(=O)c4ccc(F)cc4)c(Cl)c3)C(=N)N2O1. The Morgan fingerprint density at radius 3 is 2.70 bits per heavy atom. The van der Waals surface area contributed by atoms with Crippen LogP contribution >= 0.6 is 11.6 Å². The van der Waals surface area contributed by atoms with Crippen LogP contribution in [-0.4, -0.2) is 28.6 Å². The number of allylic oxidation sites excluding steroid dienone is 1. The van der Waals surface area contributed by atoms with Gasteiger partial charge in [0.2, 0.25) is 0 Å². The normalized spacial score (nSPS) is 16.8. The maximum Gasteiger partial charge on any atom is 0.343 e. The average Bonchev–Trinajstić information content (AvgIpc) is 3.08. The molecule has 0 aromatic heterocycles. The van der Waals surface area contributed by atoms with Crippen molar-refractivity contribution >= 4 is 41.2 Å². The maximum absolute atomic E-state index is 13.0. The van der Waals surface area contributed by atoms with E-state index in [0.717, 1.165) is 17.2 Å². The zero-order chi connectivity index (χ0) is 21.4. The van der Waals surface area contributed by atoms with Crippen molar-refractivity contribution in [3.8, 4) is 5.75 Å². The summed E-state index contributed by atoms with van der Waals surface area (Å²) in [6.45, 7) is 1.69. The van der Waals surface area contributed by atoms with Crippen molar-refractivity contribution in [1.82, 2.24) is 5.06 Å². The third-order valence-corrected chi connectivity index (χ3v) is 4.53. The topological polar surface area (TPSA) is 92.0 Å². The van der Waals surface area contributed by atoms with E-state index < -0.39 is 17.7 Å². The first-order valence-electron chi connectivity index (χ1n) is 8.69. The Bertz CT molecular complexity index is 1190. The van der Waals surface area contributed by atoms with E-state index in [1.807, 2.05) is 0 Å². The van der Waals surface area contributed by atoms with Crippen molar-refractivity contribution in [3.05, 3.63) is 81.8 Å². The first kappa shape index (κ1) is 19.5.